The van der Waals surface area contributed by atoms with Gasteiger partial charge < -0.3 is 20.3 Å². The summed E-state index contributed by atoms with van der Waals surface area (Å²) < 4.78 is 5.20. The number of rotatable bonds is 7. The predicted octanol–water partition coefficient (Wildman–Crippen LogP) is 2.70. The molecule has 146 valence electrons. The lowest BCUT2D eigenvalue weighted by atomic mass is 10.1. The average molecular weight is 380 g/mol. The topological polar surface area (TPSA) is 84.3 Å². The molecule has 2 N–H and O–H groups in total. The van der Waals surface area contributed by atoms with Gasteiger partial charge in [0.15, 0.2) is 0 Å². The number of carbonyl (C=O) groups excluding carboxylic acids is 1. The van der Waals surface area contributed by atoms with Gasteiger partial charge in [-0.3, -0.25) is 0 Å². The van der Waals surface area contributed by atoms with E-state index in [4.69, 9.17) is 4.74 Å². The molecule has 0 aliphatic carbocycles. The molecule has 2 aromatic carbocycles. The molecule has 0 saturated heterocycles. The largest absolute Gasteiger partial charge is 0.497 e. The SMILES string of the molecule is COc1ccc(C(CNC(=O)Nc2ccc(-n3nccn3)cc2)N(C)C)cc1. The number of aromatic nitrogens is 3. The van der Waals surface area contributed by atoms with E-state index in [0.717, 1.165) is 17.0 Å². The van der Waals surface area contributed by atoms with Crippen molar-refractivity contribution in [1.29, 1.82) is 0 Å². The Labute approximate surface area is 164 Å². The third-order valence-corrected chi connectivity index (χ3v) is 4.35. The van der Waals surface area contributed by atoms with Crippen molar-refractivity contribution in [2.45, 2.75) is 6.04 Å². The Kier molecular flexibility index (Phi) is 6.23. The van der Waals surface area contributed by atoms with E-state index in [1.54, 1.807) is 19.5 Å². The first-order valence-corrected chi connectivity index (χ1v) is 8.89. The molecule has 1 heterocycles. The third kappa shape index (κ3) is 4.86. The fourth-order valence-corrected chi connectivity index (χ4v) is 2.82. The van der Waals surface area contributed by atoms with Crippen LogP contribution in [0.25, 0.3) is 5.69 Å². The maximum absolute atomic E-state index is 12.3. The number of hydrogen-bond acceptors (Lipinski definition) is 5. The minimum absolute atomic E-state index is 0.0462. The summed E-state index contributed by atoms with van der Waals surface area (Å²) in [5.41, 5.74) is 2.62. The van der Waals surface area contributed by atoms with Crippen LogP contribution in [-0.4, -0.2) is 53.7 Å². The van der Waals surface area contributed by atoms with Crippen LogP contribution < -0.4 is 15.4 Å². The van der Waals surface area contributed by atoms with Gasteiger partial charge in [0.25, 0.3) is 0 Å². The molecule has 1 unspecified atom stereocenters. The van der Waals surface area contributed by atoms with Crippen molar-refractivity contribution >= 4 is 11.7 Å². The molecule has 8 nitrogen and oxygen atoms in total. The molecule has 2 amide bonds. The van der Waals surface area contributed by atoms with Gasteiger partial charge in [-0.15, -0.1) is 0 Å². The van der Waals surface area contributed by atoms with Crippen molar-refractivity contribution in [2.75, 3.05) is 33.1 Å². The number of hydrogen-bond donors (Lipinski definition) is 2. The van der Waals surface area contributed by atoms with Gasteiger partial charge in [-0.1, -0.05) is 12.1 Å². The van der Waals surface area contributed by atoms with E-state index in [9.17, 15) is 4.79 Å². The van der Waals surface area contributed by atoms with E-state index in [1.807, 2.05) is 62.6 Å². The van der Waals surface area contributed by atoms with Gasteiger partial charge in [0.05, 0.1) is 31.2 Å². The molecule has 28 heavy (non-hydrogen) atoms. The number of likely N-dealkylation sites (N-methyl/N-ethyl adjacent to an activating group) is 1. The summed E-state index contributed by atoms with van der Waals surface area (Å²) in [6.45, 7) is 0.473. The molecular formula is C20H24N6O2. The minimum Gasteiger partial charge on any atom is -0.497 e. The number of nitrogens with zero attached hydrogens (tertiary/aromatic N) is 4. The number of ether oxygens (including phenoxy) is 1. The van der Waals surface area contributed by atoms with E-state index in [-0.39, 0.29) is 12.1 Å². The van der Waals surface area contributed by atoms with Gasteiger partial charge in [-0.2, -0.15) is 15.0 Å². The first-order valence-electron chi connectivity index (χ1n) is 8.89. The van der Waals surface area contributed by atoms with Crippen LogP contribution in [0, 0.1) is 0 Å². The number of amides is 2. The van der Waals surface area contributed by atoms with Crippen molar-refractivity contribution < 1.29 is 9.53 Å². The average Bonchev–Trinajstić information content (AvgIpc) is 3.24. The van der Waals surface area contributed by atoms with E-state index in [1.165, 1.54) is 4.80 Å². The number of carbonyl (C=O) groups is 1. The van der Waals surface area contributed by atoms with Crippen LogP contribution in [0.15, 0.2) is 60.9 Å². The second-order valence-corrected chi connectivity index (χ2v) is 6.45. The minimum atomic E-state index is -0.259. The Hall–Kier alpha value is -3.39. The lowest BCUT2D eigenvalue weighted by molar-refractivity contribution is 0.243. The summed E-state index contributed by atoms with van der Waals surface area (Å²) in [6.07, 6.45) is 3.23. The first-order chi connectivity index (χ1) is 13.6. The van der Waals surface area contributed by atoms with Crippen molar-refractivity contribution in [3.05, 3.63) is 66.5 Å². The van der Waals surface area contributed by atoms with Crippen molar-refractivity contribution in [1.82, 2.24) is 25.2 Å². The Morgan fingerprint density at radius 2 is 1.71 bits per heavy atom. The maximum Gasteiger partial charge on any atom is 0.319 e. The normalized spacial score (nSPS) is 11.9. The summed E-state index contributed by atoms with van der Waals surface area (Å²) in [5.74, 6) is 0.806. The quantitative estimate of drug-likeness (QED) is 0.658. The molecule has 3 aromatic rings. The Morgan fingerprint density at radius 3 is 2.29 bits per heavy atom. The van der Waals surface area contributed by atoms with Crippen LogP contribution in [0.4, 0.5) is 10.5 Å². The monoisotopic (exact) mass is 380 g/mol. The highest BCUT2D eigenvalue weighted by Gasteiger charge is 2.15. The highest BCUT2D eigenvalue weighted by molar-refractivity contribution is 5.89. The molecular weight excluding hydrogens is 356 g/mol. The number of methoxy groups -OCH3 is 1. The molecule has 0 bridgehead atoms. The summed E-state index contributed by atoms with van der Waals surface area (Å²) in [7, 11) is 5.61. The van der Waals surface area contributed by atoms with Crippen LogP contribution in [0.1, 0.15) is 11.6 Å². The van der Waals surface area contributed by atoms with Crippen LogP contribution in [0.3, 0.4) is 0 Å². The van der Waals surface area contributed by atoms with Crippen molar-refractivity contribution in [3.63, 3.8) is 0 Å². The highest BCUT2D eigenvalue weighted by atomic mass is 16.5. The number of urea groups is 1. The molecule has 1 atom stereocenters. The van der Waals surface area contributed by atoms with Crippen LogP contribution in [0.2, 0.25) is 0 Å². The van der Waals surface area contributed by atoms with Crippen molar-refractivity contribution in [2.24, 2.45) is 0 Å². The van der Waals surface area contributed by atoms with Gasteiger partial charge in [-0.05, 0) is 56.1 Å². The molecule has 1 aromatic heterocycles. The molecule has 3 rings (SSSR count). The lowest BCUT2D eigenvalue weighted by Crippen LogP contribution is -2.36. The highest BCUT2D eigenvalue weighted by Crippen LogP contribution is 2.20. The van der Waals surface area contributed by atoms with E-state index in [2.05, 4.69) is 25.7 Å². The van der Waals surface area contributed by atoms with E-state index >= 15 is 0 Å². The van der Waals surface area contributed by atoms with Gasteiger partial charge in [0.1, 0.15) is 5.75 Å². The molecule has 0 aliphatic rings. The zero-order valence-corrected chi connectivity index (χ0v) is 16.2. The first kappa shape index (κ1) is 19.4. The molecule has 0 fully saturated rings. The second-order valence-electron chi connectivity index (χ2n) is 6.45. The summed E-state index contributed by atoms with van der Waals surface area (Å²) >= 11 is 0. The Balaban J connectivity index is 1.57. The summed E-state index contributed by atoms with van der Waals surface area (Å²) in [5, 5.41) is 13.9. The van der Waals surface area contributed by atoms with Crippen LogP contribution >= 0.6 is 0 Å². The smallest absolute Gasteiger partial charge is 0.319 e. The lowest BCUT2D eigenvalue weighted by Gasteiger charge is -2.25. The van der Waals surface area contributed by atoms with Gasteiger partial charge in [-0.25, -0.2) is 4.79 Å². The fourth-order valence-electron chi connectivity index (χ4n) is 2.82. The van der Waals surface area contributed by atoms with Gasteiger partial charge in [0, 0.05) is 12.2 Å². The predicted molar refractivity (Wildman–Crippen MR) is 108 cm³/mol. The Bertz CT molecular complexity index is 876. The zero-order valence-electron chi connectivity index (χ0n) is 16.2. The fraction of sp³-hybridized carbons (Fsp3) is 0.250. The van der Waals surface area contributed by atoms with Gasteiger partial charge in [0.2, 0.25) is 0 Å². The molecule has 0 radical (unpaired) electrons. The summed E-state index contributed by atoms with van der Waals surface area (Å²) in [6, 6.07) is 14.9. The number of benzene rings is 2. The van der Waals surface area contributed by atoms with Crippen LogP contribution in [0.5, 0.6) is 5.75 Å². The molecule has 0 aliphatic heterocycles. The third-order valence-electron chi connectivity index (χ3n) is 4.35. The summed E-state index contributed by atoms with van der Waals surface area (Å²) in [4.78, 5) is 15.9. The number of anilines is 1. The van der Waals surface area contributed by atoms with E-state index < -0.39 is 0 Å². The molecule has 0 saturated carbocycles. The maximum atomic E-state index is 12.3. The zero-order chi connectivity index (χ0) is 19.9. The Morgan fingerprint density at radius 1 is 1.07 bits per heavy atom. The van der Waals surface area contributed by atoms with Gasteiger partial charge >= 0.3 is 6.03 Å². The standard InChI is InChI=1S/C20H24N6O2/c1-25(2)19(15-4-10-18(28-3)11-5-15)14-21-20(27)24-16-6-8-17(9-7-16)26-22-12-13-23-26/h4-13,19H,14H2,1-3H3,(H2,21,24,27). The van der Waals surface area contributed by atoms with E-state index in [0.29, 0.717) is 12.2 Å². The second kappa shape index (κ2) is 9.01. The molecule has 0 spiro atoms. The number of nitrogens with one attached hydrogen (secondary N) is 2. The van der Waals surface area contributed by atoms with Crippen molar-refractivity contribution in [3.8, 4) is 11.4 Å². The van der Waals surface area contributed by atoms with Crippen LogP contribution in [-0.2, 0) is 0 Å². The molecule has 8 heteroatoms.